The molecule has 0 aliphatic carbocycles. The number of nitrogens with zero attached hydrogens (tertiary/aromatic N) is 3. The number of carbonyl (C=O) groups excluding carboxylic acids is 1. The maximum atomic E-state index is 12.7. The molecule has 1 atom stereocenters. The van der Waals surface area contributed by atoms with Gasteiger partial charge in [0.1, 0.15) is 5.82 Å². The SMILES string of the molecule is Cc1nc2ccccc2n1-c1ccc(C(=O)N2CC[C@@H](OS(C)(=O)=O)C2)cc1. The van der Waals surface area contributed by atoms with E-state index in [1.54, 1.807) is 17.0 Å². The molecule has 28 heavy (non-hydrogen) atoms. The molecule has 1 aromatic heterocycles. The van der Waals surface area contributed by atoms with Crippen molar-refractivity contribution in [3.63, 3.8) is 0 Å². The molecule has 3 aromatic rings. The molecular weight excluding hydrogens is 378 g/mol. The second-order valence-electron chi connectivity index (χ2n) is 6.99. The van der Waals surface area contributed by atoms with E-state index in [2.05, 4.69) is 9.55 Å². The molecule has 1 fully saturated rings. The van der Waals surface area contributed by atoms with E-state index in [1.165, 1.54) is 0 Å². The minimum Gasteiger partial charge on any atom is -0.336 e. The lowest BCUT2D eigenvalue weighted by atomic mass is 10.1. The minimum atomic E-state index is -3.52. The lowest BCUT2D eigenvalue weighted by Gasteiger charge is -2.17. The van der Waals surface area contributed by atoms with E-state index in [0.29, 0.717) is 18.5 Å². The van der Waals surface area contributed by atoms with Crippen molar-refractivity contribution in [1.82, 2.24) is 14.5 Å². The zero-order chi connectivity index (χ0) is 19.9. The number of imidazole rings is 1. The molecule has 1 amide bonds. The number of likely N-dealkylation sites (tertiary alicyclic amines) is 1. The number of para-hydroxylation sites is 2. The van der Waals surface area contributed by atoms with Crippen LogP contribution >= 0.6 is 0 Å². The zero-order valence-corrected chi connectivity index (χ0v) is 16.5. The van der Waals surface area contributed by atoms with E-state index in [1.807, 2.05) is 43.3 Å². The standard InChI is InChI=1S/C20H21N3O4S/c1-14-21-18-5-3-4-6-19(18)23(14)16-9-7-15(8-10-16)20(24)22-12-11-17(13-22)27-28(2,25)26/h3-10,17H,11-13H2,1-2H3/t17-/m1/s1. The highest BCUT2D eigenvalue weighted by molar-refractivity contribution is 7.86. The third kappa shape index (κ3) is 3.65. The zero-order valence-electron chi connectivity index (χ0n) is 15.7. The van der Waals surface area contributed by atoms with Crippen LogP contribution in [0.5, 0.6) is 0 Å². The summed E-state index contributed by atoms with van der Waals surface area (Å²) in [5.74, 6) is 0.749. The fourth-order valence-corrected chi connectivity index (χ4v) is 4.30. The van der Waals surface area contributed by atoms with Gasteiger partial charge >= 0.3 is 0 Å². The van der Waals surface area contributed by atoms with Gasteiger partial charge in [0.05, 0.1) is 23.4 Å². The molecule has 0 spiro atoms. The monoisotopic (exact) mass is 399 g/mol. The van der Waals surface area contributed by atoms with Gasteiger partial charge in [-0.15, -0.1) is 0 Å². The highest BCUT2D eigenvalue weighted by Gasteiger charge is 2.29. The van der Waals surface area contributed by atoms with Crippen LogP contribution in [-0.4, -0.2) is 54.2 Å². The van der Waals surface area contributed by atoms with Crippen LogP contribution in [0.4, 0.5) is 0 Å². The molecule has 146 valence electrons. The molecule has 1 aliphatic heterocycles. The highest BCUT2D eigenvalue weighted by atomic mass is 32.2. The largest absolute Gasteiger partial charge is 0.336 e. The summed E-state index contributed by atoms with van der Waals surface area (Å²) in [5.41, 5.74) is 3.43. The molecule has 7 nitrogen and oxygen atoms in total. The fraction of sp³-hybridized carbons (Fsp3) is 0.300. The van der Waals surface area contributed by atoms with Crippen LogP contribution in [0.25, 0.3) is 16.7 Å². The number of aromatic nitrogens is 2. The van der Waals surface area contributed by atoms with Crippen LogP contribution in [0.1, 0.15) is 22.6 Å². The summed E-state index contributed by atoms with van der Waals surface area (Å²) < 4.78 is 29.6. The van der Waals surface area contributed by atoms with Crippen LogP contribution in [-0.2, 0) is 14.3 Å². The van der Waals surface area contributed by atoms with Crippen molar-refractivity contribution in [3.05, 3.63) is 59.9 Å². The Bertz CT molecular complexity index is 1140. The molecule has 0 saturated carbocycles. The predicted octanol–water partition coefficient (Wildman–Crippen LogP) is 2.52. The first kappa shape index (κ1) is 18.6. The van der Waals surface area contributed by atoms with Crippen LogP contribution < -0.4 is 0 Å². The van der Waals surface area contributed by atoms with Gasteiger partial charge in [-0.3, -0.25) is 13.5 Å². The van der Waals surface area contributed by atoms with E-state index < -0.39 is 16.2 Å². The van der Waals surface area contributed by atoms with Gasteiger partial charge in [0.15, 0.2) is 0 Å². The maximum absolute atomic E-state index is 12.7. The highest BCUT2D eigenvalue weighted by Crippen LogP contribution is 2.22. The Morgan fingerprint density at radius 1 is 1.14 bits per heavy atom. The van der Waals surface area contributed by atoms with Crippen molar-refractivity contribution in [1.29, 1.82) is 0 Å². The Kier molecular flexibility index (Phi) is 4.68. The number of rotatable bonds is 4. The molecule has 4 rings (SSSR count). The van der Waals surface area contributed by atoms with E-state index in [-0.39, 0.29) is 12.5 Å². The Morgan fingerprint density at radius 3 is 2.57 bits per heavy atom. The molecule has 1 saturated heterocycles. The van der Waals surface area contributed by atoms with Crippen LogP contribution in [0.3, 0.4) is 0 Å². The van der Waals surface area contributed by atoms with Crippen LogP contribution in [0.2, 0.25) is 0 Å². The number of hydrogen-bond donors (Lipinski definition) is 0. The summed E-state index contributed by atoms with van der Waals surface area (Å²) in [5, 5.41) is 0. The van der Waals surface area contributed by atoms with Gasteiger partial charge < -0.3 is 4.90 Å². The topological polar surface area (TPSA) is 81.5 Å². The lowest BCUT2D eigenvalue weighted by molar-refractivity contribution is 0.0773. The third-order valence-corrected chi connectivity index (χ3v) is 5.47. The van der Waals surface area contributed by atoms with Crippen molar-refractivity contribution in [2.45, 2.75) is 19.4 Å². The smallest absolute Gasteiger partial charge is 0.264 e. The summed E-state index contributed by atoms with van der Waals surface area (Å²) in [6, 6.07) is 15.3. The van der Waals surface area contributed by atoms with Crippen molar-refractivity contribution in [3.8, 4) is 5.69 Å². The van der Waals surface area contributed by atoms with Gasteiger partial charge in [-0.25, -0.2) is 4.98 Å². The van der Waals surface area contributed by atoms with Crippen molar-refractivity contribution >= 4 is 27.1 Å². The first-order valence-corrected chi connectivity index (χ1v) is 10.9. The number of fused-ring (bicyclic) bond motifs is 1. The molecule has 8 heteroatoms. The molecule has 2 aromatic carbocycles. The average molecular weight is 399 g/mol. The van der Waals surface area contributed by atoms with Crippen molar-refractivity contribution < 1.29 is 17.4 Å². The van der Waals surface area contributed by atoms with Crippen molar-refractivity contribution in [2.24, 2.45) is 0 Å². The molecule has 0 bridgehead atoms. The van der Waals surface area contributed by atoms with E-state index >= 15 is 0 Å². The molecule has 0 unspecified atom stereocenters. The number of benzene rings is 2. The normalized spacial score (nSPS) is 17.4. The van der Waals surface area contributed by atoms with Gasteiger partial charge in [-0.05, 0) is 49.7 Å². The van der Waals surface area contributed by atoms with E-state index in [0.717, 1.165) is 28.8 Å². The Morgan fingerprint density at radius 2 is 1.86 bits per heavy atom. The Balaban J connectivity index is 1.54. The maximum Gasteiger partial charge on any atom is 0.264 e. The quantitative estimate of drug-likeness (QED) is 0.630. The molecule has 1 aliphatic rings. The molecule has 0 N–H and O–H groups in total. The van der Waals surface area contributed by atoms with Gasteiger partial charge in [0.2, 0.25) is 0 Å². The summed E-state index contributed by atoms with van der Waals surface area (Å²) in [6.45, 7) is 2.70. The number of hydrogen-bond acceptors (Lipinski definition) is 5. The number of amides is 1. The van der Waals surface area contributed by atoms with E-state index in [4.69, 9.17) is 4.18 Å². The lowest BCUT2D eigenvalue weighted by Crippen LogP contribution is -2.30. The average Bonchev–Trinajstić information content (AvgIpc) is 3.23. The third-order valence-electron chi connectivity index (χ3n) is 4.84. The predicted molar refractivity (Wildman–Crippen MR) is 106 cm³/mol. The van der Waals surface area contributed by atoms with Crippen LogP contribution in [0, 0.1) is 6.92 Å². The summed E-state index contributed by atoms with van der Waals surface area (Å²) >= 11 is 0. The van der Waals surface area contributed by atoms with Gasteiger partial charge in [-0.1, -0.05) is 12.1 Å². The summed E-state index contributed by atoms with van der Waals surface area (Å²) in [6.07, 6.45) is 1.06. The van der Waals surface area contributed by atoms with E-state index in [9.17, 15) is 13.2 Å². The second-order valence-corrected chi connectivity index (χ2v) is 8.59. The fourth-order valence-electron chi connectivity index (χ4n) is 3.65. The van der Waals surface area contributed by atoms with Gasteiger partial charge in [-0.2, -0.15) is 8.42 Å². The van der Waals surface area contributed by atoms with Crippen LogP contribution in [0.15, 0.2) is 48.5 Å². The number of carbonyl (C=O) groups is 1. The minimum absolute atomic E-state index is 0.127. The molecular formula is C20H21N3O4S. The second kappa shape index (κ2) is 7.03. The Labute approximate surface area is 163 Å². The van der Waals surface area contributed by atoms with Gasteiger partial charge in [0.25, 0.3) is 16.0 Å². The molecule has 0 radical (unpaired) electrons. The van der Waals surface area contributed by atoms with Crippen molar-refractivity contribution in [2.75, 3.05) is 19.3 Å². The van der Waals surface area contributed by atoms with Gasteiger partial charge in [0, 0.05) is 24.3 Å². The summed E-state index contributed by atoms with van der Waals surface area (Å²) in [4.78, 5) is 18.9. The summed E-state index contributed by atoms with van der Waals surface area (Å²) in [7, 11) is -3.52. The first-order valence-electron chi connectivity index (χ1n) is 9.04. The Hall–Kier alpha value is -2.71. The number of aryl methyl sites for hydroxylation is 1. The molecule has 2 heterocycles. The first-order chi connectivity index (χ1) is 13.3.